The number of hydrogen-bond donors (Lipinski definition) is 1. The first-order chi connectivity index (χ1) is 10.2. The number of aromatic nitrogens is 2. The highest BCUT2D eigenvalue weighted by molar-refractivity contribution is 5.62. The fourth-order valence-corrected chi connectivity index (χ4v) is 1.81. The van der Waals surface area contributed by atoms with Crippen LogP contribution < -0.4 is 10.1 Å². The lowest BCUT2D eigenvalue weighted by atomic mass is 10.2. The van der Waals surface area contributed by atoms with Gasteiger partial charge in [0.1, 0.15) is 0 Å². The van der Waals surface area contributed by atoms with Crippen molar-refractivity contribution in [2.24, 2.45) is 0 Å². The largest absolute Gasteiger partial charge is 0.490 e. The molecule has 2 aromatic rings. The molecule has 8 heteroatoms. The summed E-state index contributed by atoms with van der Waals surface area (Å²) in [5, 5.41) is 22.0. The van der Waals surface area contributed by atoms with Gasteiger partial charge in [0.2, 0.25) is 11.8 Å². The molecule has 0 amide bonds. The Bertz CT molecular complexity index is 626. The number of rotatable bonds is 7. The molecule has 0 saturated carbocycles. The molecule has 0 radical (unpaired) electrons. The summed E-state index contributed by atoms with van der Waals surface area (Å²) in [5.74, 6) is 0.937. The molecule has 1 N–H and O–H groups in total. The van der Waals surface area contributed by atoms with E-state index in [2.05, 4.69) is 15.5 Å². The van der Waals surface area contributed by atoms with Crippen molar-refractivity contribution in [2.75, 3.05) is 20.2 Å². The van der Waals surface area contributed by atoms with E-state index < -0.39 is 4.92 Å². The van der Waals surface area contributed by atoms with Gasteiger partial charge in [-0.1, -0.05) is 6.92 Å². The van der Waals surface area contributed by atoms with Crippen LogP contribution in [0.5, 0.6) is 5.75 Å². The molecule has 0 spiro atoms. The lowest BCUT2D eigenvalue weighted by molar-refractivity contribution is -0.385. The van der Waals surface area contributed by atoms with Crippen LogP contribution in [-0.2, 0) is 6.42 Å². The molecule has 0 aliphatic heterocycles. The van der Waals surface area contributed by atoms with Crippen LogP contribution in [0.25, 0.3) is 11.5 Å². The lowest BCUT2D eigenvalue weighted by Gasteiger charge is -2.02. The van der Waals surface area contributed by atoms with Gasteiger partial charge in [-0.05, 0) is 18.7 Å². The second-order valence-electron chi connectivity index (χ2n) is 4.25. The zero-order valence-corrected chi connectivity index (χ0v) is 11.8. The third kappa shape index (κ3) is 3.54. The Kier molecular flexibility index (Phi) is 4.83. The predicted molar refractivity (Wildman–Crippen MR) is 75.2 cm³/mol. The first kappa shape index (κ1) is 14.9. The maximum Gasteiger partial charge on any atom is 0.311 e. The Hall–Kier alpha value is -2.48. The first-order valence-electron chi connectivity index (χ1n) is 6.51. The molecule has 112 valence electrons. The van der Waals surface area contributed by atoms with Crippen LogP contribution in [0.1, 0.15) is 12.8 Å². The Morgan fingerprint density at radius 1 is 1.43 bits per heavy atom. The number of hydrogen-bond acceptors (Lipinski definition) is 7. The number of likely N-dealkylation sites (N-methyl/N-ethyl adjacent to an activating group) is 1. The van der Waals surface area contributed by atoms with Gasteiger partial charge in [-0.3, -0.25) is 10.1 Å². The third-order valence-corrected chi connectivity index (χ3v) is 2.85. The second-order valence-corrected chi connectivity index (χ2v) is 4.25. The van der Waals surface area contributed by atoms with Crippen molar-refractivity contribution in [1.29, 1.82) is 0 Å². The highest BCUT2D eigenvalue weighted by Crippen LogP contribution is 2.31. The summed E-state index contributed by atoms with van der Waals surface area (Å²) in [5.41, 5.74) is 0.354. The number of nitrogens with zero attached hydrogens (tertiary/aromatic N) is 3. The van der Waals surface area contributed by atoms with E-state index in [0.717, 1.165) is 13.1 Å². The third-order valence-electron chi connectivity index (χ3n) is 2.85. The average Bonchev–Trinajstić information content (AvgIpc) is 2.95. The molecule has 0 unspecified atom stereocenters. The Morgan fingerprint density at radius 3 is 2.90 bits per heavy atom. The quantitative estimate of drug-likeness (QED) is 0.471. The number of ether oxygens (including phenoxy) is 1. The summed E-state index contributed by atoms with van der Waals surface area (Å²) in [6, 6.07) is 4.52. The Balaban J connectivity index is 2.22. The maximum atomic E-state index is 11.0. The van der Waals surface area contributed by atoms with Crippen LogP contribution >= 0.6 is 0 Å². The summed E-state index contributed by atoms with van der Waals surface area (Å²) < 4.78 is 10.5. The molecule has 2 rings (SSSR count). The zero-order chi connectivity index (χ0) is 15.2. The van der Waals surface area contributed by atoms with Crippen molar-refractivity contribution in [2.45, 2.75) is 13.3 Å². The van der Waals surface area contributed by atoms with Crippen molar-refractivity contribution < 1.29 is 14.1 Å². The van der Waals surface area contributed by atoms with E-state index >= 15 is 0 Å². The summed E-state index contributed by atoms with van der Waals surface area (Å²) in [6.07, 6.45) is 0.610. The van der Waals surface area contributed by atoms with Crippen LogP contribution in [-0.4, -0.2) is 35.3 Å². The molecule has 0 atom stereocenters. The maximum absolute atomic E-state index is 11.0. The van der Waals surface area contributed by atoms with Gasteiger partial charge in [0.15, 0.2) is 5.75 Å². The van der Waals surface area contributed by atoms with Gasteiger partial charge >= 0.3 is 5.69 Å². The fraction of sp³-hybridized carbons (Fsp3) is 0.385. The van der Waals surface area contributed by atoms with E-state index in [1.165, 1.54) is 19.2 Å². The lowest BCUT2D eigenvalue weighted by Crippen LogP contribution is -2.16. The molecular weight excluding hydrogens is 276 g/mol. The van der Waals surface area contributed by atoms with Crippen LogP contribution in [0, 0.1) is 10.1 Å². The number of benzene rings is 1. The summed E-state index contributed by atoms with van der Waals surface area (Å²) in [4.78, 5) is 10.5. The van der Waals surface area contributed by atoms with Crippen molar-refractivity contribution in [3.8, 4) is 17.2 Å². The van der Waals surface area contributed by atoms with Crippen molar-refractivity contribution in [1.82, 2.24) is 15.5 Å². The molecule has 21 heavy (non-hydrogen) atoms. The van der Waals surface area contributed by atoms with Gasteiger partial charge < -0.3 is 14.5 Å². The fourth-order valence-electron chi connectivity index (χ4n) is 1.81. The number of methoxy groups -OCH3 is 1. The first-order valence-corrected chi connectivity index (χ1v) is 6.51. The topological polar surface area (TPSA) is 103 Å². The molecule has 1 heterocycles. The highest BCUT2D eigenvalue weighted by Gasteiger charge is 2.18. The molecule has 0 aliphatic carbocycles. The van der Waals surface area contributed by atoms with Gasteiger partial charge in [-0.2, -0.15) is 0 Å². The Labute approximate surface area is 121 Å². The van der Waals surface area contributed by atoms with Gasteiger partial charge in [0.25, 0.3) is 0 Å². The molecule has 1 aromatic heterocycles. The van der Waals surface area contributed by atoms with Gasteiger partial charge in [0, 0.05) is 24.6 Å². The number of nitrogens with one attached hydrogen (secondary N) is 1. The van der Waals surface area contributed by atoms with E-state index in [0.29, 0.717) is 17.9 Å². The van der Waals surface area contributed by atoms with Gasteiger partial charge in [-0.15, -0.1) is 10.2 Å². The van der Waals surface area contributed by atoms with E-state index in [9.17, 15) is 10.1 Å². The highest BCUT2D eigenvalue weighted by atomic mass is 16.6. The average molecular weight is 292 g/mol. The minimum absolute atomic E-state index is 0.137. The summed E-state index contributed by atoms with van der Waals surface area (Å²) >= 11 is 0. The monoisotopic (exact) mass is 292 g/mol. The molecular formula is C13H16N4O4. The minimum atomic E-state index is -0.509. The molecule has 0 fully saturated rings. The summed E-state index contributed by atoms with van der Waals surface area (Å²) in [7, 11) is 1.38. The van der Waals surface area contributed by atoms with E-state index in [4.69, 9.17) is 9.15 Å². The Morgan fingerprint density at radius 2 is 2.24 bits per heavy atom. The van der Waals surface area contributed by atoms with Gasteiger partial charge in [0.05, 0.1) is 12.0 Å². The van der Waals surface area contributed by atoms with Crippen molar-refractivity contribution in [3.63, 3.8) is 0 Å². The molecule has 1 aromatic carbocycles. The minimum Gasteiger partial charge on any atom is -0.490 e. The molecule has 8 nitrogen and oxygen atoms in total. The normalized spacial score (nSPS) is 10.6. The predicted octanol–water partition coefficient (Wildman–Crippen LogP) is 1.81. The van der Waals surface area contributed by atoms with Crippen LogP contribution in [0.15, 0.2) is 22.6 Å². The van der Waals surface area contributed by atoms with Gasteiger partial charge in [-0.25, -0.2) is 0 Å². The van der Waals surface area contributed by atoms with Crippen LogP contribution in [0.2, 0.25) is 0 Å². The van der Waals surface area contributed by atoms with Crippen LogP contribution in [0.3, 0.4) is 0 Å². The molecule has 0 saturated heterocycles. The van der Waals surface area contributed by atoms with Crippen molar-refractivity contribution >= 4 is 5.69 Å². The SMILES string of the molecule is CCNCCc1nnc(-c2ccc(OC)c([N+](=O)[O-])c2)o1. The molecule has 0 aliphatic rings. The van der Waals surface area contributed by atoms with E-state index in [-0.39, 0.29) is 17.3 Å². The van der Waals surface area contributed by atoms with Crippen LogP contribution in [0.4, 0.5) is 5.69 Å². The standard InChI is InChI=1S/C13H16N4O4/c1-3-14-7-6-12-15-16-13(21-12)9-4-5-11(20-2)10(8-9)17(18)19/h4-5,8,14H,3,6-7H2,1-2H3. The summed E-state index contributed by atoms with van der Waals surface area (Å²) in [6.45, 7) is 3.61. The van der Waals surface area contributed by atoms with E-state index in [1.54, 1.807) is 6.07 Å². The van der Waals surface area contributed by atoms with E-state index in [1.807, 2.05) is 6.92 Å². The number of nitro benzene ring substituents is 1. The smallest absolute Gasteiger partial charge is 0.311 e. The second kappa shape index (κ2) is 6.80. The van der Waals surface area contributed by atoms with Crippen molar-refractivity contribution in [3.05, 3.63) is 34.2 Å². The molecule has 0 bridgehead atoms. The zero-order valence-electron chi connectivity index (χ0n) is 11.8. The number of nitro groups is 1.